The Morgan fingerprint density at radius 3 is 2.47 bits per heavy atom. The molecule has 0 aliphatic heterocycles. The van der Waals surface area contributed by atoms with Crippen LogP contribution in [0.4, 0.5) is 5.82 Å². The molecule has 2 rings (SSSR count). The minimum Gasteiger partial charge on any atom is -0.383 e. The van der Waals surface area contributed by atoms with Gasteiger partial charge in [-0.2, -0.15) is 0 Å². The Balaban J connectivity index is 2.37. The quantitative estimate of drug-likeness (QED) is 0.761. The predicted molar refractivity (Wildman–Crippen MR) is 58.9 cm³/mol. The Kier molecular flexibility index (Phi) is 2.60. The highest BCUT2D eigenvalue weighted by Gasteiger charge is 2.12. The number of nitrogens with two attached hydrogens (primary N) is 2. The van der Waals surface area contributed by atoms with Crippen LogP contribution < -0.4 is 11.5 Å². The molecule has 0 bridgehead atoms. The molecular formula is C11H12N4. The highest BCUT2D eigenvalue weighted by molar-refractivity contribution is 5.43. The fraction of sp³-hybridized carbons (Fsp3) is 0.0909. The highest BCUT2D eigenvalue weighted by atomic mass is 14.9. The molecule has 2 aromatic heterocycles. The zero-order valence-electron chi connectivity index (χ0n) is 8.17. The van der Waals surface area contributed by atoms with E-state index in [1.54, 1.807) is 12.4 Å². The summed E-state index contributed by atoms with van der Waals surface area (Å²) in [6, 6.07) is 8.98. The maximum absolute atomic E-state index is 6.03. The average molecular weight is 200 g/mol. The standard InChI is InChI=1S/C11H12N4/c12-10(9-5-1-2-6-14-9)8-4-3-7-15-11(8)13/h1-7,10H,12H2,(H2,13,15). The van der Waals surface area contributed by atoms with E-state index < -0.39 is 0 Å². The van der Waals surface area contributed by atoms with E-state index in [1.165, 1.54) is 0 Å². The smallest absolute Gasteiger partial charge is 0.128 e. The van der Waals surface area contributed by atoms with E-state index in [0.29, 0.717) is 5.82 Å². The van der Waals surface area contributed by atoms with E-state index in [1.807, 2.05) is 30.3 Å². The van der Waals surface area contributed by atoms with Gasteiger partial charge in [-0.05, 0) is 18.2 Å². The van der Waals surface area contributed by atoms with Crippen LogP contribution in [0.3, 0.4) is 0 Å². The summed E-state index contributed by atoms with van der Waals surface area (Å²) in [6.07, 6.45) is 3.35. The molecule has 0 spiro atoms. The molecule has 2 aromatic rings. The molecule has 4 N–H and O–H groups in total. The SMILES string of the molecule is Nc1ncccc1C(N)c1ccccn1. The Hall–Kier alpha value is -1.94. The van der Waals surface area contributed by atoms with Crippen LogP contribution in [-0.4, -0.2) is 9.97 Å². The second kappa shape index (κ2) is 4.06. The number of rotatable bonds is 2. The molecule has 4 heteroatoms. The largest absolute Gasteiger partial charge is 0.383 e. The predicted octanol–water partition coefficient (Wildman–Crippen LogP) is 1.11. The van der Waals surface area contributed by atoms with Crippen LogP contribution in [0, 0.1) is 0 Å². The molecule has 2 heterocycles. The van der Waals surface area contributed by atoms with Gasteiger partial charge >= 0.3 is 0 Å². The Morgan fingerprint density at radius 2 is 1.80 bits per heavy atom. The highest BCUT2D eigenvalue weighted by Crippen LogP contribution is 2.20. The van der Waals surface area contributed by atoms with Crippen molar-refractivity contribution in [2.75, 3.05) is 5.73 Å². The van der Waals surface area contributed by atoms with Crippen molar-refractivity contribution in [3.63, 3.8) is 0 Å². The van der Waals surface area contributed by atoms with Crippen LogP contribution in [0.1, 0.15) is 17.3 Å². The van der Waals surface area contributed by atoms with Crippen LogP contribution in [0.15, 0.2) is 42.7 Å². The molecule has 0 saturated carbocycles. The summed E-state index contributed by atoms with van der Waals surface area (Å²) >= 11 is 0. The van der Waals surface area contributed by atoms with Crippen LogP contribution in [0.2, 0.25) is 0 Å². The summed E-state index contributed by atoms with van der Waals surface area (Å²) < 4.78 is 0. The number of aromatic nitrogens is 2. The fourth-order valence-electron chi connectivity index (χ4n) is 1.41. The summed E-state index contributed by atoms with van der Waals surface area (Å²) in [4.78, 5) is 8.18. The molecule has 0 aromatic carbocycles. The number of pyridine rings is 2. The monoisotopic (exact) mass is 200 g/mol. The molecular weight excluding hydrogens is 188 g/mol. The Bertz CT molecular complexity index is 441. The minimum atomic E-state index is -0.320. The van der Waals surface area contributed by atoms with E-state index >= 15 is 0 Å². The van der Waals surface area contributed by atoms with Crippen molar-refractivity contribution in [3.05, 3.63) is 54.0 Å². The Labute approximate surface area is 88.0 Å². The molecule has 15 heavy (non-hydrogen) atoms. The Morgan fingerprint density at radius 1 is 1.00 bits per heavy atom. The normalized spacial score (nSPS) is 12.3. The van der Waals surface area contributed by atoms with Gasteiger partial charge in [0, 0.05) is 18.0 Å². The number of anilines is 1. The third kappa shape index (κ3) is 1.94. The maximum Gasteiger partial charge on any atom is 0.128 e. The summed E-state index contributed by atoms with van der Waals surface area (Å²) in [7, 11) is 0. The summed E-state index contributed by atoms with van der Waals surface area (Å²) in [5, 5.41) is 0. The first-order valence-corrected chi connectivity index (χ1v) is 4.66. The van der Waals surface area contributed by atoms with Gasteiger partial charge in [-0.25, -0.2) is 4.98 Å². The van der Waals surface area contributed by atoms with E-state index in [-0.39, 0.29) is 6.04 Å². The van der Waals surface area contributed by atoms with Crippen LogP contribution in [0.5, 0.6) is 0 Å². The zero-order chi connectivity index (χ0) is 10.7. The van der Waals surface area contributed by atoms with Crippen molar-refractivity contribution in [2.24, 2.45) is 5.73 Å². The lowest BCUT2D eigenvalue weighted by Gasteiger charge is -2.12. The van der Waals surface area contributed by atoms with Gasteiger partial charge in [-0.1, -0.05) is 12.1 Å². The molecule has 0 aliphatic rings. The number of nitrogen functional groups attached to an aromatic ring is 1. The van der Waals surface area contributed by atoms with Gasteiger partial charge in [0.05, 0.1) is 11.7 Å². The molecule has 76 valence electrons. The number of hydrogen-bond donors (Lipinski definition) is 2. The van der Waals surface area contributed by atoms with Gasteiger partial charge in [-0.15, -0.1) is 0 Å². The van der Waals surface area contributed by atoms with Gasteiger partial charge in [0.25, 0.3) is 0 Å². The molecule has 1 unspecified atom stereocenters. The lowest BCUT2D eigenvalue weighted by molar-refractivity contribution is 0.826. The third-order valence-electron chi connectivity index (χ3n) is 2.21. The minimum absolute atomic E-state index is 0.320. The second-order valence-electron chi connectivity index (χ2n) is 3.21. The van der Waals surface area contributed by atoms with Crippen molar-refractivity contribution in [1.82, 2.24) is 9.97 Å². The van der Waals surface area contributed by atoms with E-state index in [0.717, 1.165) is 11.3 Å². The van der Waals surface area contributed by atoms with E-state index in [4.69, 9.17) is 11.5 Å². The summed E-state index contributed by atoms with van der Waals surface area (Å²) in [6.45, 7) is 0. The third-order valence-corrected chi connectivity index (χ3v) is 2.21. The van der Waals surface area contributed by atoms with Crippen molar-refractivity contribution in [3.8, 4) is 0 Å². The first-order valence-electron chi connectivity index (χ1n) is 4.66. The van der Waals surface area contributed by atoms with Gasteiger partial charge in [0.1, 0.15) is 5.82 Å². The fourth-order valence-corrected chi connectivity index (χ4v) is 1.41. The summed E-state index contributed by atoms with van der Waals surface area (Å²) in [5.41, 5.74) is 13.4. The van der Waals surface area contributed by atoms with Crippen molar-refractivity contribution >= 4 is 5.82 Å². The molecule has 1 atom stereocenters. The molecule has 0 radical (unpaired) electrons. The molecule has 0 aliphatic carbocycles. The van der Waals surface area contributed by atoms with Crippen LogP contribution >= 0.6 is 0 Å². The number of nitrogens with zero attached hydrogens (tertiary/aromatic N) is 2. The maximum atomic E-state index is 6.03. The number of hydrogen-bond acceptors (Lipinski definition) is 4. The van der Waals surface area contributed by atoms with Crippen molar-refractivity contribution in [2.45, 2.75) is 6.04 Å². The first kappa shape index (κ1) is 9.61. The van der Waals surface area contributed by atoms with Crippen LogP contribution in [0.25, 0.3) is 0 Å². The van der Waals surface area contributed by atoms with Gasteiger partial charge in [0.2, 0.25) is 0 Å². The lowest BCUT2D eigenvalue weighted by Crippen LogP contribution is -2.15. The van der Waals surface area contributed by atoms with E-state index in [2.05, 4.69) is 9.97 Å². The lowest BCUT2D eigenvalue weighted by atomic mass is 10.1. The molecule has 0 amide bonds. The second-order valence-corrected chi connectivity index (χ2v) is 3.21. The van der Waals surface area contributed by atoms with Gasteiger partial charge < -0.3 is 11.5 Å². The van der Waals surface area contributed by atoms with E-state index in [9.17, 15) is 0 Å². The van der Waals surface area contributed by atoms with Crippen LogP contribution in [-0.2, 0) is 0 Å². The molecule has 0 saturated heterocycles. The zero-order valence-corrected chi connectivity index (χ0v) is 8.17. The summed E-state index contributed by atoms with van der Waals surface area (Å²) in [5.74, 6) is 0.454. The average Bonchev–Trinajstić information content (AvgIpc) is 2.30. The first-order chi connectivity index (χ1) is 7.29. The molecule has 4 nitrogen and oxygen atoms in total. The van der Waals surface area contributed by atoms with Gasteiger partial charge in [0.15, 0.2) is 0 Å². The van der Waals surface area contributed by atoms with Crippen molar-refractivity contribution < 1.29 is 0 Å². The van der Waals surface area contributed by atoms with Crippen molar-refractivity contribution in [1.29, 1.82) is 0 Å². The molecule has 0 fully saturated rings. The topological polar surface area (TPSA) is 77.8 Å². The van der Waals surface area contributed by atoms with Gasteiger partial charge in [-0.3, -0.25) is 4.98 Å².